The van der Waals surface area contributed by atoms with Crippen molar-refractivity contribution in [3.8, 4) is 5.75 Å². The topological polar surface area (TPSA) is 12.5 Å². The van der Waals surface area contributed by atoms with Crippen molar-refractivity contribution < 1.29 is 35.5 Å². The lowest BCUT2D eigenvalue weighted by molar-refractivity contribution is -0.289. The van der Waals surface area contributed by atoms with E-state index in [1.807, 2.05) is 0 Å². The molecule has 10 heteroatoms. The molecule has 0 N–H and O–H groups in total. The molecule has 2 aliphatic rings. The molecule has 28 heavy (non-hydrogen) atoms. The minimum atomic E-state index is -5.79. The summed E-state index contributed by atoms with van der Waals surface area (Å²) < 4.78 is 98.4. The number of alkyl halides is 7. The van der Waals surface area contributed by atoms with Gasteiger partial charge < -0.3 is 9.64 Å². The standard InChI is InChI=1S/C18H16F7NOS/c19-9-16(10-20)8-13(26-6-2-1-3-15(26)28)12-7-11(4-5-14(12)27-16)17(21,22)18(23,24)25/h4-5,7-8H,1-3,6,9-10H2. The summed E-state index contributed by atoms with van der Waals surface area (Å²) >= 11 is 5.28. The third-order valence-electron chi connectivity index (χ3n) is 4.75. The number of fused-ring (bicyclic) bond motifs is 1. The Labute approximate surface area is 162 Å². The van der Waals surface area contributed by atoms with Gasteiger partial charge in [0.15, 0.2) is 5.60 Å². The van der Waals surface area contributed by atoms with Gasteiger partial charge in [0.05, 0.1) is 10.7 Å². The zero-order valence-corrected chi connectivity index (χ0v) is 15.3. The van der Waals surface area contributed by atoms with Gasteiger partial charge in [-0.2, -0.15) is 22.0 Å². The summed E-state index contributed by atoms with van der Waals surface area (Å²) in [5.74, 6) is -5.27. The summed E-state index contributed by atoms with van der Waals surface area (Å²) in [6.07, 6.45) is -2.73. The van der Waals surface area contributed by atoms with Gasteiger partial charge in [-0.25, -0.2) is 8.78 Å². The predicted molar refractivity (Wildman–Crippen MR) is 92.8 cm³/mol. The van der Waals surface area contributed by atoms with Crippen molar-refractivity contribution in [1.29, 1.82) is 0 Å². The molecule has 0 amide bonds. The first-order valence-corrected chi connectivity index (χ1v) is 8.89. The molecule has 1 aromatic rings. The van der Waals surface area contributed by atoms with Gasteiger partial charge in [0.2, 0.25) is 0 Å². The number of thiocarbonyl (C=S) groups is 1. The van der Waals surface area contributed by atoms with Crippen LogP contribution in [0.1, 0.15) is 30.4 Å². The second-order valence-corrected chi connectivity index (χ2v) is 7.22. The largest absolute Gasteiger partial charge is 0.477 e. The van der Waals surface area contributed by atoms with Crippen molar-refractivity contribution in [3.05, 3.63) is 35.4 Å². The molecule has 2 nitrogen and oxygen atoms in total. The highest BCUT2D eigenvalue weighted by molar-refractivity contribution is 7.80. The molecule has 1 aromatic carbocycles. The van der Waals surface area contributed by atoms with E-state index in [-0.39, 0.29) is 17.0 Å². The first-order chi connectivity index (χ1) is 13.0. The lowest BCUT2D eigenvalue weighted by Crippen LogP contribution is -2.44. The first kappa shape index (κ1) is 20.9. The molecule has 1 fully saturated rings. The average Bonchev–Trinajstić information content (AvgIpc) is 2.66. The summed E-state index contributed by atoms with van der Waals surface area (Å²) in [5, 5.41) is 0. The fourth-order valence-corrected chi connectivity index (χ4v) is 3.54. The molecular formula is C18H16F7NOS. The SMILES string of the molecule is FCC1(CF)C=C(N2CCCCC2=S)c2cc(C(F)(F)C(F)(F)F)ccc2O1. The Morgan fingerprint density at radius 3 is 2.32 bits per heavy atom. The molecule has 0 aromatic heterocycles. The monoisotopic (exact) mass is 427 g/mol. The zero-order valence-electron chi connectivity index (χ0n) is 14.5. The number of hydrogen-bond donors (Lipinski definition) is 0. The Hall–Kier alpha value is -1.84. The molecule has 2 heterocycles. The number of nitrogens with zero attached hydrogens (tertiary/aromatic N) is 1. The smallest absolute Gasteiger partial charge is 0.458 e. The molecule has 2 aliphatic heterocycles. The van der Waals surface area contributed by atoms with Crippen molar-refractivity contribution in [1.82, 2.24) is 4.90 Å². The summed E-state index contributed by atoms with van der Waals surface area (Å²) in [6.45, 7) is -2.13. The van der Waals surface area contributed by atoms with Crippen LogP contribution >= 0.6 is 12.2 Å². The fraction of sp³-hybridized carbons (Fsp3) is 0.500. The van der Waals surface area contributed by atoms with E-state index in [4.69, 9.17) is 17.0 Å². The summed E-state index contributed by atoms with van der Waals surface area (Å²) in [4.78, 5) is 1.94. The van der Waals surface area contributed by atoms with E-state index in [9.17, 15) is 30.7 Å². The maximum atomic E-state index is 13.8. The van der Waals surface area contributed by atoms with Gasteiger partial charge >= 0.3 is 12.1 Å². The van der Waals surface area contributed by atoms with Gasteiger partial charge in [-0.1, -0.05) is 12.2 Å². The number of likely N-dealkylation sites (tertiary alicyclic amines) is 1. The summed E-state index contributed by atoms with van der Waals surface area (Å²) in [7, 11) is 0. The van der Waals surface area contributed by atoms with Gasteiger partial charge in [-0.3, -0.25) is 0 Å². The van der Waals surface area contributed by atoms with E-state index in [1.165, 1.54) is 4.90 Å². The third kappa shape index (κ3) is 3.46. The average molecular weight is 427 g/mol. The molecule has 1 saturated heterocycles. The lowest BCUT2D eigenvalue weighted by atomic mass is 9.93. The van der Waals surface area contributed by atoms with Gasteiger partial charge in [0.1, 0.15) is 19.1 Å². The number of ether oxygens (including phenoxy) is 1. The van der Waals surface area contributed by atoms with Crippen LogP contribution in [-0.4, -0.2) is 41.6 Å². The van der Waals surface area contributed by atoms with Crippen LogP contribution in [0.3, 0.4) is 0 Å². The van der Waals surface area contributed by atoms with Crippen LogP contribution in [0.4, 0.5) is 30.7 Å². The van der Waals surface area contributed by atoms with E-state index >= 15 is 0 Å². The Balaban J connectivity index is 2.15. The van der Waals surface area contributed by atoms with Crippen LogP contribution in [0.15, 0.2) is 24.3 Å². The van der Waals surface area contributed by atoms with Crippen LogP contribution in [0, 0.1) is 0 Å². The Morgan fingerprint density at radius 1 is 1.07 bits per heavy atom. The maximum absolute atomic E-state index is 13.8. The van der Waals surface area contributed by atoms with Crippen molar-refractivity contribution in [2.24, 2.45) is 0 Å². The first-order valence-electron chi connectivity index (χ1n) is 8.48. The quantitative estimate of drug-likeness (QED) is 0.461. The maximum Gasteiger partial charge on any atom is 0.458 e. The van der Waals surface area contributed by atoms with Crippen molar-refractivity contribution in [3.63, 3.8) is 0 Å². The molecular weight excluding hydrogens is 411 g/mol. The molecule has 0 aliphatic carbocycles. The van der Waals surface area contributed by atoms with Crippen LogP contribution < -0.4 is 4.74 Å². The van der Waals surface area contributed by atoms with Crippen LogP contribution in [-0.2, 0) is 5.92 Å². The van der Waals surface area contributed by atoms with Crippen molar-refractivity contribution in [2.75, 3.05) is 19.9 Å². The van der Waals surface area contributed by atoms with Gasteiger partial charge in [0.25, 0.3) is 0 Å². The fourth-order valence-electron chi connectivity index (χ4n) is 3.20. The molecule has 3 rings (SSSR count). The van der Waals surface area contributed by atoms with Gasteiger partial charge in [0, 0.05) is 17.7 Å². The molecule has 0 radical (unpaired) electrons. The normalized spacial score (nSPS) is 19.8. The van der Waals surface area contributed by atoms with E-state index in [2.05, 4.69) is 0 Å². The van der Waals surface area contributed by atoms with E-state index in [0.29, 0.717) is 36.5 Å². The van der Waals surface area contributed by atoms with E-state index in [0.717, 1.165) is 18.6 Å². The molecule has 0 spiro atoms. The molecule has 0 bridgehead atoms. The van der Waals surface area contributed by atoms with E-state index in [1.54, 1.807) is 0 Å². The Morgan fingerprint density at radius 2 is 1.75 bits per heavy atom. The van der Waals surface area contributed by atoms with Crippen LogP contribution in [0.25, 0.3) is 5.70 Å². The number of piperidine rings is 1. The Kier molecular flexibility index (Phi) is 5.37. The number of rotatable bonds is 4. The van der Waals surface area contributed by atoms with Crippen LogP contribution in [0.5, 0.6) is 5.75 Å². The second kappa shape index (κ2) is 7.20. The van der Waals surface area contributed by atoms with Crippen molar-refractivity contribution >= 4 is 22.9 Å². The highest BCUT2D eigenvalue weighted by Crippen LogP contribution is 2.47. The van der Waals surface area contributed by atoms with Gasteiger partial charge in [-0.15, -0.1) is 0 Å². The van der Waals surface area contributed by atoms with Crippen LogP contribution in [0.2, 0.25) is 0 Å². The molecule has 0 atom stereocenters. The predicted octanol–water partition coefficient (Wildman–Crippen LogP) is 5.57. The number of hydrogen-bond acceptors (Lipinski definition) is 2. The highest BCUT2D eigenvalue weighted by atomic mass is 32.1. The summed E-state index contributed by atoms with van der Waals surface area (Å²) in [6, 6.07) is 2.07. The van der Waals surface area contributed by atoms with E-state index < -0.39 is 36.6 Å². The number of benzene rings is 1. The summed E-state index contributed by atoms with van der Waals surface area (Å²) in [5.41, 5.74) is -3.29. The third-order valence-corrected chi connectivity index (χ3v) is 5.18. The highest BCUT2D eigenvalue weighted by Gasteiger charge is 2.59. The second-order valence-electron chi connectivity index (χ2n) is 6.75. The van der Waals surface area contributed by atoms with Crippen molar-refractivity contribution in [2.45, 2.75) is 37.0 Å². The lowest BCUT2D eigenvalue weighted by Gasteiger charge is -2.39. The van der Waals surface area contributed by atoms with Gasteiger partial charge in [-0.05, 0) is 43.5 Å². The Bertz CT molecular complexity index is 802. The minimum Gasteiger partial charge on any atom is -0.477 e. The zero-order chi connectivity index (χ0) is 20.7. The minimum absolute atomic E-state index is 0.0843. The molecule has 0 saturated carbocycles. The molecule has 0 unspecified atom stereocenters. The molecule has 154 valence electrons. The number of halogens is 7.